The van der Waals surface area contributed by atoms with E-state index in [0.717, 1.165) is 18.5 Å². The van der Waals surface area contributed by atoms with E-state index in [1.807, 2.05) is 0 Å². The van der Waals surface area contributed by atoms with Crippen molar-refractivity contribution in [2.24, 2.45) is 0 Å². The van der Waals surface area contributed by atoms with E-state index in [1.54, 1.807) is 25.5 Å². The second-order valence-corrected chi connectivity index (χ2v) is 5.33. The number of carbonyl (C=O) groups excluding carboxylic acids is 1. The first-order valence-corrected chi connectivity index (χ1v) is 6.66. The Bertz CT molecular complexity index is 455. The van der Waals surface area contributed by atoms with Crippen LogP contribution in [0.15, 0.2) is 18.5 Å². The summed E-state index contributed by atoms with van der Waals surface area (Å²) in [4.78, 5) is 18.5. The molecule has 1 aliphatic carbocycles. The number of carbonyl (C=O) groups is 1. The normalized spacial score (nSPS) is 16.8. The smallest absolute Gasteiger partial charge is 0.255 e. The third-order valence-corrected chi connectivity index (χ3v) is 4.15. The average molecular weight is 262 g/mol. The summed E-state index contributed by atoms with van der Waals surface area (Å²) in [6.07, 6.45) is 6.81. The number of hydrogen-bond acceptors (Lipinski definition) is 4. The second kappa shape index (κ2) is 5.57. The van der Waals surface area contributed by atoms with Crippen molar-refractivity contribution in [3.63, 3.8) is 0 Å². The Morgan fingerprint density at radius 2 is 2.21 bits per heavy atom. The Labute approximate surface area is 114 Å². The lowest BCUT2D eigenvalue weighted by atomic mass is 9.75. The topological polar surface area (TPSA) is 57.3 Å². The standard InChI is InChI=1S/C14H22N4O/c1-15-12-5-8-16-9-11(12)13(19)17-10-14(18(2)3)6-4-7-14/h5,8-9H,4,6-7,10H2,1-3H3,(H,15,16)(H,17,19). The molecule has 5 heteroatoms. The van der Waals surface area contributed by atoms with Crippen molar-refractivity contribution < 1.29 is 4.79 Å². The number of rotatable bonds is 5. The zero-order chi connectivity index (χ0) is 13.9. The van der Waals surface area contributed by atoms with Gasteiger partial charge in [0.05, 0.1) is 5.56 Å². The third kappa shape index (κ3) is 2.71. The molecule has 0 spiro atoms. The minimum absolute atomic E-state index is 0.0643. The van der Waals surface area contributed by atoms with Crippen LogP contribution in [-0.2, 0) is 0 Å². The van der Waals surface area contributed by atoms with Gasteiger partial charge in [-0.3, -0.25) is 9.78 Å². The molecule has 1 fully saturated rings. The van der Waals surface area contributed by atoms with Crippen molar-refractivity contribution in [3.05, 3.63) is 24.0 Å². The van der Waals surface area contributed by atoms with Crippen LogP contribution >= 0.6 is 0 Å². The van der Waals surface area contributed by atoms with E-state index in [-0.39, 0.29) is 11.4 Å². The Kier molecular flexibility index (Phi) is 4.04. The maximum Gasteiger partial charge on any atom is 0.255 e. The van der Waals surface area contributed by atoms with Gasteiger partial charge in [-0.25, -0.2) is 0 Å². The first kappa shape index (κ1) is 13.8. The summed E-state index contributed by atoms with van der Waals surface area (Å²) in [6.45, 7) is 0.691. The number of pyridine rings is 1. The Morgan fingerprint density at radius 1 is 1.47 bits per heavy atom. The van der Waals surface area contributed by atoms with E-state index in [0.29, 0.717) is 12.1 Å². The minimum atomic E-state index is -0.0643. The van der Waals surface area contributed by atoms with Crippen molar-refractivity contribution in [1.29, 1.82) is 0 Å². The molecule has 1 aliphatic rings. The van der Waals surface area contributed by atoms with Gasteiger partial charge in [-0.05, 0) is 39.4 Å². The van der Waals surface area contributed by atoms with Crippen molar-refractivity contribution in [3.8, 4) is 0 Å². The van der Waals surface area contributed by atoms with Crippen LogP contribution in [0.3, 0.4) is 0 Å². The lowest BCUT2D eigenvalue weighted by Gasteiger charge is -2.47. The Morgan fingerprint density at radius 3 is 2.74 bits per heavy atom. The summed E-state index contributed by atoms with van der Waals surface area (Å²) in [7, 11) is 5.96. The summed E-state index contributed by atoms with van der Waals surface area (Å²) < 4.78 is 0. The van der Waals surface area contributed by atoms with Crippen molar-refractivity contribution in [1.82, 2.24) is 15.2 Å². The molecule has 0 aliphatic heterocycles. The lowest BCUT2D eigenvalue weighted by molar-refractivity contribution is 0.0558. The molecule has 0 bridgehead atoms. The van der Waals surface area contributed by atoms with Gasteiger partial charge in [0.25, 0.3) is 5.91 Å². The van der Waals surface area contributed by atoms with Crippen LogP contribution in [0.5, 0.6) is 0 Å². The van der Waals surface area contributed by atoms with Crippen molar-refractivity contribution >= 4 is 11.6 Å². The Balaban J connectivity index is 2.01. The van der Waals surface area contributed by atoms with E-state index in [4.69, 9.17) is 0 Å². The van der Waals surface area contributed by atoms with Gasteiger partial charge < -0.3 is 15.5 Å². The molecular weight excluding hydrogens is 240 g/mol. The van der Waals surface area contributed by atoms with Gasteiger partial charge in [-0.2, -0.15) is 0 Å². The molecule has 2 N–H and O–H groups in total. The fourth-order valence-electron chi connectivity index (χ4n) is 2.50. The molecule has 0 unspecified atom stereocenters. The van der Waals surface area contributed by atoms with E-state index in [1.165, 1.54) is 6.42 Å². The van der Waals surface area contributed by atoms with Gasteiger partial charge in [-0.15, -0.1) is 0 Å². The summed E-state index contributed by atoms with van der Waals surface area (Å²) in [6, 6.07) is 1.81. The molecule has 0 aromatic carbocycles. The van der Waals surface area contributed by atoms with Crippen LogP contribution in [0.2, 0.25) is 0 Å². The van der Waals surface area contributed by atoms with Crippen LogP contribution in [-0.4, -0.2) is 49.0 Å². The number of hydrogen-bond donors (Lipinski definition) is 2. The zero-order valence-corrected chi connectivity index (χ0v) is 11.9. The molecule has 5 nitrogen and oxygen atoms in total. The summed E-state index contributed by atoms with van der Waals surface area (Å²) in [5, 5.41) is 6.05. The van der Waals surface area contributed by atoms with Gasteiger partial charge in [0.1, 0.15) is 0 Å². The number of nitrogens with zero attached hydrogens (tertiary/aromatic N) is 2. The largest absolute Gasteiger partial charge is 0.387 e. The predicted molar refractivity (Wildman–Crippen MR) is 76.4 cm³/mol. The molecule has 19 heavy (non-hydrogen) atoms. The molecule has 0 radical (unpaired) electrons. The fraction of sp³-hybridized carbons (Fsp3) is 0.571. The molecular formula is C14H22N4O. The van der Waals surface area contributed by atoms with E-state index in [9.17, 15) is 4.79 Å². The number of anilines is 1. The van der Waals surface area contributed by atoms with Crippen LogP contribution in [0, 0.1) is 0 Å². The third-order valence-electron chi connectivity index (χ3n) is 4.15. The highest BCUT2D eigenvalue weighted by molar-refractivity contribution is 5.99. The zero-order valence-electron chi connectivity index (χ0n) is 11.9. The summed E-state index contributed by atoms with van der Waals surface area (Å²) in [5.41, 5.74) is 1.54. The minimum Gasteiger partial charge on any atom is -0.387 e. The number of likely N-dealkylation sites (N-methyl/N-ethyl adjacent to an activating group) is 1. The molecule has 0 atom stereocenters. The predicted octanol–water partition coefficient (Wildman–Crippen LogP) is 1.34. The lowest BCUT2D eigenvalue weighted by Crippen LogP contribution is -2.57. The first-order valence-electron chi connectivity index (χ1n) is 6.66. The second-order valence-electron chi connectivity index (χ2n) is 5.33. The molecule has 1 saturated carbocycles. The van der Waals surface area contributed by atoms with Gasteiger partial charge in [0, 0.05) is 37.2 Å². The summed E-state index contributed by atoms with van der Waals surface area (Å²) >= 11 is 0. The van der Waals surface area contributed by atoms with Gasteiger partial charge in [-0.1, -0.05) is 0 Å². The molecule has 2 rings (SSSR count). The number of nitrogens with one attached hydrogen (secondary N) is 2. The highest BCUT2D eigenvalue weighted by atomic mass is 16.1. The molecule has 1 aromatic heterocycles. The number of aromatic nitrogens is 1. The average Bonchev–Trinajstić information content (AvgIpc) is 2.36. The van der Waals surface area contributed by atoms with Gasteiger partial charge in [0.15, 0.2) is 0 Å². The maximum atomic E-state index is 12.2. The maximum absolute atomic E-state index is 12.2. The molecule has 0 saturated heterocycles. The molecule has 1 amide bonds. The van der Waals surface area contributed by atoms with E-state index >= 15 is 0 Å². The van der Waals surface area contributed by atoms with Crippen LogP contribution in [0.1, 0.15) is 29.6 Å². The van der Waals surface area contributed by atoms with Gasteiger partial charge >= 0.3 is 0 Å². The van der Waals surface area contributed by atoms with Crippen molar-refractivity contribution in [2.45, 2.75) is 24.8 Å². The highest BCUT2D eigenvalue weighted by Gasteiger charge is 2.39. The van der Waals surface area contributed by atoms with E-state index in [2.05, 4.69) is 34.6 Å². The summed E-state index contributed by atoms with van der Waals surface area (Å²) in [5.74, 6) is -0.0643. The molecule has 1 heterocycles. The van der Waals surface area contributed by atoms with Crippen molar-refractivity contribution in [2.75, 3.05) is 33.0 Å². The quantitative estimate of drug-likeness (QED) is 0.840. The molecule has 104 valence electrons. The molecule has 1 aromatic rings. The monoisotopic (exact) mass is 262 g/mol. The first-order chi connectivity index (χ1) is 9.09. The fourth-order valence-corrected chi connectivity index (χ4v) is 2.50. The SMILES string of the molecule is CNc1ccncc1C(=O)NCC1(N(C)C)CCC1. The van der Waals surface area contributed by atoms with Crippen LogP contribution in [0.4, 0.5) is 5.69 Å². The Hall–Kier alpha value is -1.62. The van der Waals surface area contributed by atoms with Gasteiger partial charge in [0.2, 0.25) is 0 Å². The van der Waals surface area contributed by atoms with Crippen LogP contribution in [0.25, 0.3) is 0 Å². The highest BCUT2D eigenvalue weighted by Crippen LogP contribution is 2.35. The van der Waals surface area contributed by atoms with Crippen LogP contribution < -0.4 is 10.6 Å². The van der Waals surface area contributed by atoms with E-state index < -0.39 is 0 Å². The number of amides is 1.